The second kappa shape index (κ2) is 10.6. The first kappa shape index (κ1) is 20.8. The Morgan fingerprint density at radius 1 is 1.14 bits per heavy atom. The number of hydrogen-bond donors (Lipinski definition) is 0. The third kappa shape index (κ3) is 5.78. The maximum atomic E-state index is 12.7. The Kier molecular flexibility index (Phi) is 7.59. The third-order valence-electron chi connectivity index (χ3n) is 4.91. The molecule has 0 radical (unpaired) electrons. The number of anilines is 2. The Labute approximate surface area is 175 Å². The fourth-order valence-electron chi connectivity index (χ4n) is 3.40. The minimum atomic E-state index is -0.126. The number of carbonyl (C=O) groups excluding carboxylic acids is 2. The molecule has 0 N–H and O–H groups in total. The molecule has 1 fully saturated rings. The summed E-state index contributed by atoms with van der Waals surface area (Å²) in [7, 11) is 0. The fraction of sp³-hybridized carbons (Fsp3) is 0.429. The van der Waals surface area contributed by atoms with E-state index in [0.29, 0.717) is 19.6 Å². The smallest absolute Gasteiger partial charge is 0.227 e. The van der Waals surface area contributed by atoms with Crippen LogP contribution in [0.5, 0.6) is 0 Å². The number of carbonyl (C=O) groups is 2. The van der Waals surface area contributed by atoms with E-state index < -0.39 is 0 Å². The lowest BCUT2D eigenvalue weighted by Crippen LogP contribution is -2.37. The van der Waals surface area contributed by atoms with Gasteiger partial charge in [-0.1, -0.05) is 18.2 Å². The molecule has 152 valence electrons. The first-order chi connectivity index (χ1) is 14.2. The highest BCUT2D eigenvalue weighted by molar-refractivity contribution is 7.13. The Morgan fingerprint density at radius 3 is 2.69 bits per heavy atom. The van der Waals surface area contributed by atoms with E-state index in [2.05, 4.69) is 16.0 Å². The maximum absolute atomic E-state index is 12.7. The van der Waals surface area contributed by atoms with Gasteiger partial charge in [0.05, 0.1) is 12.5 Å². The van der Waals surface area contributed by atoms with Crippen molar-refractivity contribution in [3.63, 3.8) is 0 Å². The molecule has 0 unspecified atom stereocenters. The van der Waals surface area contributed by atoms with Gasteiger partial charge >= 0.3 is 0 Å². The van der Waals surface area contributed by atoms with E-state index in [9.17, 15) is 9.59 Å². The molecule has 7 nitrogen and oxygen atoms in total. The van der Waals surface area contributed by atoms with Crippen LogP contribution in [0.4, 0.5) is 10.8 Å². The summed E-state index contributed by atoms with van der Waals surface area (Å²) in [6.45, 7) is 3.31. The molecule has 2 aromatic rings. The van der Waals surface area contributed by atoms with Crippen LogP contribution in [0.3, 0.4) is 0 Å². The zero-order chi connectivity index (χ0) is 20.5. The number of para-hydroxylation sites is 1. The lowest BCUT2D eigenvalue weighted by molar-refractivity contribution is -0.133. The highest BCUT2D eigenvalue weighted by Gasteiger charge is 2.22. The standard InChI is InChI=1S/C21H25N5O2S/c22-10-4-14-26(18-6-2-1-3-7-18)20(28)9-8-19(27)24-12-5-13-25(16-15-24)21-23-11-17-29-21/h1-3,6-7,11,17H,4-5,8-9,12-16H2. The normalized spacial score (nSPS) is 14.2. The molecule has 1 aliphatic heterocycles. The lowest BCUT2D eigenvalue weighted by Gasteiger charge is -2.24. The molecule has 1 saturated heterocycles. The van der Waals surface area contributed by atoms with Crippen LogP contribution >= 0.6 is 11.3 Å². The summed E-state index contributed by atoms with van der Waals surface area (Å²) in [5.41, 5.74) is 0.758. The summed E-state index contributed by atoms with van der Waals surface area (Å²) < 4.78 is 0. The summed E-state index contributed by atoms with van der Waals surface area (Å²) in [5, 5.41) is 11.8. The Morgan fingerprint density at radius 2 is 1.97 bits per heavy atom. The summed E-state index contributed by atoms with van der Waals surface area (Å²) in [6.07, 6.45) is 3.27. The highest BCUT2D eigenvalue weighted by atomic mass is 32.1. The van der Waals surface area contributed by atoms with E-state index in [1.165, 1.54) is 0 Å². The number of aromatic nitrogens is 1. The molecular formula is C21H25N5O2S. The largest absolute Gasteiger partial charge is 0.346 e. The van der Waals surface area contributed by atoms with Gasteiger partial charge < -0.3 is 14.7 Å². The molecule has 1 aromatic heterocycles. The van der Waals surface area contributed by atoms with E-state index >= 15 is 0 Å². The van der Waals surface area contributed by atoms with Gasteiger partial charge in [0.15, 0.2) is 5.13 Å². The van der Waals surface area contributed by atoms with Gasteiger partial charge in [-0.15, -0.1) is 11.3 Å². The monoisotopic (exact) mass is 411 g/mol. The van der Waals surface area contributed by atoms with Gasteiger partial charge in [0.1, 0.15) is 0 Å². The average molecular weight is 412 g/mol. The van der Waals surface area contributed by atoms with E-state index in [0.717, 1.165) is 30.3 Å². The van der Waals surface area contributed by atoms with Crippen LogP contribution in [0, 0.1) is 11.3 Å². The SMILES string of the molecule is N#CCCN(C(=O)CCC(=O)N1CCCN(c2nccs2)CC1)c1ccccc1. The van der Waals surface area contributed by atoms with Crippen LogP contribution in [-0.2, 0) is 9.59 Å². The van der Waals surface area contributed by atoms with Crippen molar-refractivity contribution >= 4 is 34.0 Å². The summed E-state index contributed by atoms with van der Waals surface area (Å²) in [6, 6.07) is 11.4. The van der Waals surface area contributed by atoms with Crippen molar-refractivity contribution in [2.75, 3.05) is 42.5 Å². The summed E-state index contributed by atoms with van der Waals surface area (Å²) in [5.74, 6) is -0.119. The number of rotatable bonds is 7. The quantitative estimate of drug-likeness (QED) is 0.700. The number of amides is 2. The van der Waals surface area contributed by atoms with Gasteiger partial charge in [-0.2, -0.15) is 5.26 Å². The fourth-order valence-corrected chi connectivity index (χ4v) is 4.10. The van der Waals surface area contributed by atoms with Crippen LogP contribution in [0.25, 0.3) is 0 Å². The second-order valence-electron chi connectivity index (χ2n) is 6.83. The first-order valence-corrected chi connectivity index (χ1v) is 10.7. The Bertz CT molecular complexity index is 835. The molecule has 29 heavy (non-hydrogen) atoms. The molecule has 1 aliphatic rings. The minimum Gasteiger partial charge on any atom is -0.346 e. The third-order valence-corrected chi connectivity index (χ3v) is 5.74. The van der Waals surface area contributed by atoms with Crippen LogP contribution in [0.15, 0.2) is 41.9 Å². The van der Waals surface area contributed by atoms with Gasteiger partial charge in [-0.05, 0) is 18.6 Å². The molecule has 8 heteroatoms. The van der Waals surface area contributed by atoms with Crippen molar-refractivity contribution in [3.8, 4) is 6.07 Å². The first-order valence-electron chi connectivity index (χ1n) is 9.83. The van der Waals surface area contributed by atoms with Crippen molar-refractivity contribution < 1.29 is 9.59 Å². The van der Waals surface area contributed by atoms with Gasteiger partial charge in [0.25, 0.3) is 0 Å². The van der Waals surface area contributed by atoms with Crippen molar-refractivity contribution in [1.82, 2.24) is 9.88 Å². The van der Waals surface area contributed by atoms with E-state index in [-0.39, 0.29) is 31.1 Å². The van der Waals surface area contributed by atoms with Crippen molar-refractivity contribution in [2.24, 2.45) is 0 Å². The van der Waals surface area contributed by atoms with Crippen molar-refractivity contribution in [3.05, 3.63) is 41.9 Å². The van der Waals surface area contributed by atoms with Gasteiger partial charge in [-0.25, -0.2) is 4.98 Å². The van der Waals surface area contributed by atoms with Crippen LogP contribution in [0.2, 0.25) is 0 Å². The Balaban J connectivity index is 1.53. The molecule has 0 saturated carbocycles. The molecule has 3 rings (SSSR count). The number of benzene rings is 1. The molecule has 2 amide bonds. The predicted octanol–water partition coefficient (Wildman–Crippen LogP) is 2.91. The number of nitrogens with zero attached hydrogens (tertiary/aromatic N) is 5. The summed E-state index contributed by atoms with van der Waals surface area (Å²) >= 11 is 1.61. The van der Waals surface area contributed by atoms with Gasteiger partial charge in [-0.3, -0.25) is 9.59 Å². The molecular weight excluding hydrogens is 386 g/mol. The zero-order valence-corrected chi connectivity index (χ0v) is 17.2. The lowest BCUT2D eigenvalue weighted by atomic mass is 10.2. The molecule has 0 aliphatic carbocycles. The second-order valence-corrected chi connectivity index (χ2v) is 7.70. The van der Waals surface area contributed by atoms with Crippen LogP contribution in [-0.4, -0.2) is 54.4 Å². The molecule has 1 aromatic carbocycles. The number of nitriles is 1. The zero-order valence-electron chi connectivity index (χ0n) is 16.4. The van der Waals surface area contributed by atoms with E-state index in [4.69, 9.17) is 5.26 Å². The molecule has 0 atom stereocenters. The average Bonchev–Trinajstić information content (AvgIpc) is 3.17. The van der Waals surface area contributed by atoms with Crippen LogP contribution < -0.4 is 9.80 Å². The number of hydrogen-bond acceptors (Lipinski definition) is 6. The Hall–Kier alpha value is -2.92. The molecule has 2 heterocycles. The predicted molar refractivity (Wildman–Crippen MR) is 114 cm³/mol. The van der Waals surface area contributed by atoms with Gasteiger partial charge in [0, 0.05) is 62.8 Å². The van der Waals surface area contributed by atoms with Crippen molar-refractivity contribution in [2.45, 2.75) is 25.7 Å². The highest BCUT2D eigenvalue weighted by Crippen LogP contribution is 2.20. The minimum absolute atomic E-state index is 0.00707. The molecule has 0 spiro atoms. The summed E-state index contributed by atoms with van der Waals surface area (Å²) in [4.78, 5) is 35.4. The van der Waals surface area contributed by atoms with Crippen LogP contribution in [0.1, 0.15) is 25.7 Å². The van der Waals surface area contributed by atoms with E-state index in [1.807, 2.05) is 40.6 Å². The van der Waals surface area contributed by atoms with Crippen molar-refractivity contribution in [1.29, 1.82) is 5.26 Å². The topological polar surface area (TPSA) is 80.5 Å². The number of thiazole rings is 1. The molecule has 0 bridgehead atoms. The maximum Gasteiger partial charge on any atom is 0.227 e. The van der Waals surface area contributed by atoms with E-state index in [1.54, 1.807) is 22.4 Å². The van der Waals surface area contributed by atoms with Gasteiger partial charge in [0.2, 0.25) is 11.8 Å².